The van der Waals surface area contributed by atoms with Gasteiger partial charge in [0.15, 0.2) is 5.65 Å². The predicted molar refractivity (Wildman–Crippen MR) is 57.2 cm³/mol. The molecule has 0 saturated heterocycles. The third-order valence-electron chi connectivity index (χ3n) is 2.18. The molecule has 2 aromatic heterocycles. The largest absolute Gasteiger partial charge is 0.398 e. The molecule has 2 rings (SSSR count). The van der Waals surface area contributed by atoms with Crippen molar-refractivity contribution in [1.29, 1.82) is 0 Å². The van der Waals surface area contributed by atoms with Gasteiger partial charge in [-0.1, -0.05) is 0 Å². The van der Waals surface area contributed by atoms with Crippen LogP contribution in [0.15, 0.2) is 12.3 Å². The number of pyridine rings is 1. The van der Waals surface area contributed by atoms with E-state index in [-0.39, 0.29) is 0 Å². The van der Waals surface area contributed by atoms with Gasteiger partial charge in [-0.25, -0.2) is 4.98 Å². The predicted octanol–water partition coefficient (Wildman–Crippen LogP) is 0.616. The summed E-state index contributed by atoms with van der Waals surface area (Å²) in [6, 6.07) is 1.85. The summed E-state index contributed by atoms with van der Waals surface area (Å²) in [6.45, 7) is 0. The fourth-order valence-electron chi connectivity index (χ4n) is 1.35. The molecule has 0 spiro atoms. The summed E-state index contributed by atoms with van der Waals surface area (Å²) >= 11 is 0. The Morgan fingerprint density at radius 1 is 1.43 bits per heavy atom. The van der Waals surface area contributed by atoms with Crippen molar-refractivity contribution in [3.8, 4) is 0 Å². The molecule has 0 aliphatic heterocycles. The van der Waals surface area contributed by atoms with Gasteiger partial charge in [-0.3, -0.25) is 4.68 Å². The van der Waals surface area contributed by atoms with E-state index < -0.39 is 0 Å². The highest BCUT2D eigenvalue weighted by molar-refractivity contribution is 5.89. The van der Waals surface area contributed by atoms with Crippen LogP contribution in [-0.2, 0) is 7.05 Å². The van der Waals surface area contributed by atoms with E-state index in [2.05, 4.69) is 10.1 Å². The first-order chi connectivity index (χ1) is 6.59. The average Bonchev–Trinajstić information content (AvgIpc) is 2.48. The monoisotopic (exact) mass is 191 g/mol. The molecule has 5 heteroatoms. The van der Waals surface area contributed by atoms with Crippen molar-refractivity contribution >= 4 is 22.5 Å². The number of nitrogens with zero attached hydrogens (tertiary/aromatic N) is 4. The van der Waals surface area contributed by atoms with Gasteiger partial charge in [-0.05, 0) is 0 Å². The molecule has 0 radical (unpaired) electrons. The van der Waals surface area contributed by atoms with Gasteiger partial charge in [-0.15, -0.1) is 0 Å². The van der Waals surface area contributed by atoms with Crippen LogP contribution in [-0.4, -0.2) is 28.9 Å². The zero-order valence-electron chi connectivity index (χ0n) is 8.52. The van der Waals surface area contributed by atoms with Crippen LogP contribution in [0.5, 0.6) is 0 Å². The second-order valence-corrected chi connectivity index (χ2v) is 3.47. The van der Waals surface area contributed by atoms with Crippen molar-refractivity contribution in [3.05, 3.63) is 12.3 Å². The van der Waals surface area contributed by atoms with Gasteiger partial charge in [0.2, 0.25) is 0 Å². The summed E-state index contributed by atoms with van der Waals surface area (Å²) < 4.78 is 1.72. The van der Waals surface area contributed by atoms with E-state index in [0.29, 0.717) is 5.69 Å². The van der Waals surface area contributed by atoms with E-state index >= 15 is 0 Å². The standard InChI is InChI=1S/C9H13N5/c1-13(2)8-4-7(10)6-5-11-14(3)9(6)12-8/h4-5H,1-3H3,(H2,10,12). The minimum absolute atomic E-state index is 0.715. The fraction of sp³-hybridized carbons (Fsp3) is 0.333. The Bertz CT molecular complexity index is 471. The maximum absolute atomic E-state index is 5.89. The van der Waals surface area contributed by atoms with E-state index in [9.17, 15) is 0 Å². The maximum atomic E-state index is 5.89. The van der Waals surface area contributed by atoms with Gasteiger partial charge in [-0.2, -0.15) is 5.10 Å². The quantitative estimate of drug-likeness (QED) is 0.717. The van der Waals surface area contributed by atoms with Gasteiger partial charge in [0.25, 0.3) is 0 Å². The summed E-state index contributed by atoms with van der Waals surface area (Å²) in [5.41, 5.74) is 7.42. The summed E-state index contributed by atoms with van der Waals surface area (Å²) in [5.74, 6) is 0.846. The number of hydrogen-bond donors (Lipinski definition) is 1. The first-order valence-corrected chi connectivity index (χ1v) is 4.35. The Hall–Kier alpha value is -1.78. The van der Waals surface area contributed by atoms with Crippen LogP contribution in [0.2, 0.25) is 0 Å². The minimum atomic E-state index is 0.715. The highest BCUT2D eigenvalue weighted by atomic mass is 15.3. The Kier molecular flexibility index (Phi) is 1.80. The SMILES string of the molecule is CN(C)c1cc(N)c2cnn(C)c2n1. The number of aryl methyl sites for hydroxylation is 1. The molecule has 0 aromatic carbocycles. The Morgan fingerprint density at radius 2 is 2.14 bits per heavy atom. The molecule has 0 saturated carbocycles. The molecular weight excluding hydrogens is 178 g/mol. The second kappa shape index (κ2) is 2.87. The van der Waals surface area contributed by atoms with E-state index in [1.807, 2.05) is 32.1 Å². The van der Waals surface area contributed by atoms with Crippen LogP contribution in [0.1, 0.15) is 0 Å². The molecule has 0 aliphatic rings. The Balaban J connectivity index is 2.75. The van der Waals surface area contributed by atoms with Gasteiger partial charge < -0.3 is 10.6 Å². The number of rotatable bonds is 1. The molecule has 0 unspecified atom stereocenters. The molecule has 2 heterocycles. The van der Waals surface area contributed by atoms with Crippen molar-refractivity contribution in [1.82, 2.24) is 14.8 Å². The van der Waals surface area contributed by atoms with Crippen molar-refractivity contribution in [3.63, 3.8) is 0 Å². The van der Waals surface area contributed by atoms with E-state index in [1.54, 1.807) is 10.9 Å². The van der Waals surface area contributed by atoms with Crippen LogP contribution in [0, 0.1) is 0 Å². The summed E-state index contributed by atoms with van der Waals surface area (Å²) in [7, 11) is 5.72. The zero-order chi connectivity index (χ0) is 10.3. The normalized spacial score (nSPS) is 10.8. The number of nitrogens with two attached hydrogens (primary N) is 1. The smallest absolute Gasteiger partial charge is 0.161 e. The molecule has 2 aromatic rings. The van der Waals surface area contributed by atoms with Crippen molar-refractivity contribution in [2.45, 2.75) is 0 Å². The molecule has 2 N–H and O–H groups in total. The van der Waals surface area contributed by atoms with Gasteiger partial charge >= 0.3 is 0 Å². The summed E-state index contributed by atoms with van der Waals surface area (Å²) in [5, 5.41) is 5.01. The third kappa shape index (κ3) is 1.17. The first-order valence-electron chi connectivity index (χ1n) is 4.35. The molecule has 0 atom stereocenters. The van der Waals surface area contributed by atoms with Gasteiger partial charge in [0, 0.05) is 32.9 Å². The highest BCUT2D eigenvalue weighted by Gasteiger charge is 2.07. The lowest BCUT2D eigenvalue weighted by molar-refractivity contribution is 0.785. The van der Waals surface area contributed by atoms with Crippen LogP contribution in [0.4, 0.5) is 11.5 Å². The highest BCUT2D eigenvalue weighted by Crippen LogP contribution is 2.22. The Labute approximate surface area is 82.1 Å². The molecule has 5 nitrogen and oxygen atoms in total. The number of anilines is 2. The second-order valence-electron chi connectivity index (χ2n) is 3.47. The minimum Gasteiger partial charge on any atom is -0.398 e. The van der Waals surface area contributed by atoms with Crippen molar-refractivity contribution in [2.75, 3.05) is 24.7 Å². The van der Waals surface area contributed by atoms with E-state index in [4.69, 9.17) is 5.73 Å². The number of nitrogen functional groups attached to an aromatic ring is 1. The van der Waals surface area contributed by atoms with Crippen molar-refractivity contribution in [2.24, 2.45) is 7.05 Å². The van der Waals surface area contributed by atoms with Crippen LogP contribution in [0.3, 0.4) is 0 Å². The number of aromatic nitrogens is 3. The van der Waals surface area contributed by atoms with Crippen LogP contribution >= 0.6 is 0 Å². The fourth-order valence-corrected chi connectivity index (χ4v) is 1.35. The van der Waals surface area contributed by atoms with E-state index in [0.717, 1.165) is 16.9 Å². The molecule has 0 bridgehead atoms. The summed E-state index contributed by atoms with van der Waals surface area (Å²) in [4.78, 5) is 6.36. The van der Waals surface area contributed by atoms with Crippen LogP contribution < -0.4 is 10.6 Å². The molecule has 74 valence electrons. The molecule has 0 fully saturated rings. The van der Waals surface area contributed by atoms with Crippen molar-refractivity contribution < 1.29 is 0 Å². The number of fused-ring (bicyclic) bond motifs is 1. The lowest BCUT2D eigenvalue weighted by Gasteiger charge is -2.11. The third-order valence-corrected chi connectivity index (χ3v) is 2.18. The van der Waals surface area contributed by atoms with Gasteiger partial charge in [0.1, 0.15) is 5.82 Å². The maximum Gasteiger partial charge on any atom is 0.161 e. The topological polar surface area (TPSA) is 60.0 Å². The lowest BCUT2D eigenvalue weighted by Crippen LogP contribution is -2.11. The first kappa shape index (κ1) is 8.80. The lowest BCUT2D eigenvalue weighted by atomic mass is 10.3. The van der Waals surface area contributed by atoms with E-state index in [1.165, 1.54) is 0 Å². The Morgan fingerprint density at radius 3 is 2.79 bits per heavy atom. The molecular formula is C9H13N5. The summed E-state index contributed by atoms with van der Waals surface area (Å²) in [6.07, 6.45) is 1.73. The molecule has 0 aliphatic carbocycles. The van der Waals surface area contributed by atoms with Gasteiger partial charge in [0.05, 0.1) is 11.6 Å². The average molecular weight is 191 g/mol. The molecule has 0 amide bonds. The van der Waals surface area contributed by atoms with Crippen LogP contribution in [0.25, 0.3) is 11.0 Å². The number of hydrogen-bond acceptors (Lipinski definition) is 4. The molecule has 14 heavy (non-hydrogen) atoms. The zero-order valence-corrected chi connectivity index (χ0v) is 8.52.